The smallest absolute Gasteiger partial charge is 0.270 e. The van der Waals surface area contributed by atoms with Crippen LogP contribution in [0.5, 0.6) is 0 Å². The molecule has 2 aliphatic rings. The predicted molar refractivity (Wildman–Crippen MR) is 79.2 cm³/mol. The molecule has 5 nitrogen and oxygen atoms in total. The molecule has 0 unspecified atom stereocenters. The minimum absolute atomic E-state index is 0.0356. The SMILES string of the molecule is COC[C@@]12CCCO[C@@H]1CCN(C(=O)c1cccn1C)C2. The number of methoxy groups -OCH3 is 1. The van der Waals surface area contributed by atoms with Gasteiger partial charge in [0.2, 0.25) is 0 Å². The molecule has 0 radical (unpaired) electrons. The Balaban J connectivity index is 1.80. The quantitative estimate of drug-likeness (QED) is 0.851. The van der Waals surface area contributed by atoms with Crippen LogP contribution in [0.15, 0.2) is 18.3 Å². The zero-order chi connectivity index (χ0) is 14.9. The maximum absolute atomic E-state index is 12.7. The van der Waals surface area contributed by atoms with Crippen LogP contribution in [-0.4, -0.2) is 54.9 Å². The summed E-state index contributed by atoms with van der Waals surface area (Å²) in [6.45, 7) is 2.99. The average Bonchev–Trinajstić information content (AvgIpc) is 2.92. The number of amides is 1. The Kier molecular flexibility index (Phi) is 4.04. The van der Waals surface area contributed by atoms with Crippen molar-refractivity contribution in [1.82, 2.24) is 9.47 Å². The molecule has 0 N–H and O–H groups in total. The van der Waals surface area contributed by atoms with E-state index in [4.69, 9.17) is 9.47 Å². The first-order valence-electron chi connectivity index (χ1n) is 7.67. The van der Waals surface area contributed by atoms with Gasteiger partial charge in [-0.3, -0.25) is 4.79 Å². The Bertz CT molecular complexity index is 509. The Morgan fingerprint density at radius 2 is 2.43 bits per heavy atom. The first-order valence-corrected chi connectivity index (χ1v) is 7.67. The number of nitrogens with zero attached hydrogens (tertiary/aromatic N) is 2. The summed E-state index contributed by atoms with van der Waals surface area (Å²) >= 11 is 0. The normalized spacial score (nSPS) is 29.2. The Labute approximate surface area is 125 Å². The Morgan fingerprint density at radius 3 is 3.14 bits per heavy atom. The molecular formula is C16H24N2O3. The van der Waals surface area contributed by atoms with E-state index in [0.717, 1.165) is 44.7 Å². The van der Waals surface area contributed by atoms with Crippen LogP contribution in [0.25, 0.3) is 0 Å². The van der Waals surface area contributed by atoms with Gasteiger partial charge >= 0.3 is 0 Å². The van der Waals surface area contributed by atoms with Crippen molar-refractivity contribution in [3.8, 4) is 0 Å². The summed E-state index contributed by atoms with van der Waals surface area (Å²) in [6, 6.07) is 3.80. The van der Waals surface area contributed by atoms with Crippen molar-refractivity contribution in [3.05, 3.63) is 24.0 Å². The molecule has 0 aliphatic carbocycles. The minimum atomic E-state index is -0.0356. The van der Waals surface area contributed by atoms with Crippen LogP contribution >= 0.6 is 0 Å². The van der Waals surface area contributed by atoms with Gasteiger partial charge in [0, 0.05) is 45.5 Å². The predicted octanol–water partition coefficient (Wildman–Crippen LogP) is 1.68. The number of carbonyl (C=O) groups is 1. The molecule has 3 rings (SSSR count). The van der Waals surface area contributed by atoms with E-state index in [2.05, 4.69) is 0 Å². The van der Waals surface area contributed by atoms with E-state index in [1.807, 2.05) is 34.8 Å². The van der Waals surface area contributed by atoms with Gasteiger partial charge in [-0.1, -0.05) is 0 Å². The lowest BCUT2D eigenvalue weighted by Crippen LogP contribution is -2.58. The summed E-state index contributed by atoms with van der Waals surface area (Å²) in [5.74, 6) is 0.113. The zero-order valence-corrected chi connectivity index (χ0v) is 12.9. The van der Waals surface area contributed by atoms with E-state index < -0.39 is 0 Å². The largest absolute Gasteiger partial charge is 0.384 e. The lowest BCUT2D eigenvalue weighted by molar-refractivity contribution is -0.142. The van der Waals surface area contributed by atoms with Crippen molar-refractivity contribution in [2.75, 3.05) is 33.4 Å². The highest BCUT2D eigenvalue weighted by molar-refractivity contribution is 5.92. The highest BCUT2D eigenvalue weighted by Gasteiger charge is 2.47. The fourth-order valence-corrected chi connectivity index (χ4v) is 3.81. The highest BCUT2D eigenvalue weighted by Crippen LogP contribution is 2.40. The number of likely N-dealkylation sites (tertiary alicyclic amines) is 1. The van der Waals surface area contributed by atoms with Gasteiger partial charge < -0.3 is 18.9 Å². The second-order valence-electron chi connectivity index (χ2n) is 6.28. The van der Waals surface area contributed by atoms with E-state index in [0.29, 0.717) is 6.61 Å². The maximum atomic E-state index is 12.7. The van der Waals surface area contributed by atoms with Crippen LogP contribution in [0, 0.1) is 5.41 Å². The summed E-state index contributed by atoms with van der Waals surface area (Å²) in [6.07, 6.45) is 5.16. The third kappa shape index (κ3) is 2.60. The van der Waals surface area contributed by atoms with Gasteiger partial charge in [0.25, 0.3) is 5.91 Å². The van der Waals surface area contributed by atoms with Crippen LogP contribution in [0.2, 0.25) is 0 Å². The fourth-order valence-electron chi connectivity index (χ4n) is 3.81. The third-order valence-corrected chi connectivity index (χ3v) is 4.87. The molecule has 1 aromatic heterocycles. The summed E-state index contributed by atoms with van der Waals surface area (Å²) in [7, 11) is 3.65. The van der Waals surface area contributed by atoms with Crippen molar-refractivity contribution in [2.24, 2.45) is 12.5 Å². The van der Waals surface area contributed by atoms with Crippen molar-refractivity contribution in [2.45, 2.75) is 25.4 Å². The van der Waals surface area contributed by atoms with E-state index in [9.17, 15) is 4.79 Å². The van der Waals surface area contributed by atoms with Crippen LogP contribution in [0.4, 0.5) is 0 Å². The molecule has 0 bridgehead atoms. The second-order valence-corrected chi connectivity index (χ2v) is 6.28. The number of fused-ring (bicyclic) bond motifs is 1. The maximum Gasteiger partial charge on any atom is 0.270 e. The summed E-state index contributed by atoms with van der Waals surface area (Å²) in [5, 5.41) is 0. The van der Waals surface area contributed by atoms with Gasteiger partial charge in [0.05, 0.1) is 12.7 Å². The Hall–Kier alpha value is -1.33. The number of carbonyl (C=O) groups excluding carboxylic acids is 1. The van der Waals surface area contributed by atoms with Crippen LogP contribution in [0.3, 0.4) is 0 Å². The average molecular weight is 292 g/mol. The van der Waals surface area contributed by atoms with Gasteiger partial charge in [-0.05, 0) is 31.4 Å². The highest BCUT2D eigenvalue weighted by atomic mass is 16.5. The first kappa shape index (κ1) is 14.6. The molecule has 1 amide bonds. The van der Waals surface area contributed by atoms with Gasteiger partial charge in [-0.15, -0.1) is 0 Å². The molecule has 0 saturated carbocycles. The monoisotopic (exact) mass is 292 g/mol. The molecule has 0 aromatic carbocycles. The van der Waals surface area contributed by atoms with Gasteiger partial charge in [0.1, 0.15) is 5.69 Å². The van der Waals surface area contributed by atoms with Gasteiger partial charge in [-0.2, -0.15) is 0 Å². The molecule has 1 aromatic rings. The third-order valence-electron chi connectivity index (χ3n) is 4.87. The molecule has 2 saturated heterocycles. The molecule has 116 valence electrons. The number of aromatic nitrogens is 1. The summed E-state index contributed by atoms with van der Waals surface area (Å²) in [5.41, 5.74) is 0.712. The number of hydrogen-bond acceptors (Lipinski definition) is 3. The molecule has 2 aliphatic heterocycles. The molecule has 0 spiro atoms. The van der Waals surface area contributed by atoms with E-state index >= 15 is 0 Å². The first-order chi connectivity index (χ1) is 10.2. The number of aryl methyl sites for hydroxylation is 1. The molecule has 3 heterocycles. The molecule has 2 atom stereocenters. The number of hydrogen-bond donors (Lipinski definition) is 0. The van der Waals surface area contributed by atoms with Crippen molar-refractivity contribution in [1.29, 1.82) is 0 Å². The van der Waals surface area contributed by atoms with Crippen molar-refractivity contribution in [3.63, 3.8) is 0 Å². The molecule has 2 fully saturated rings. The minimum Gasteiger partial charge on any atom is -0.384 e. The van der Waals surface area contributed by atoms with E-state index in [1.165, 1.54) is 0 Å². The van der Waals surface area contributed by atoms with Crippen molar-refractivity contribution >= 4 is 5.91 Å². The fraction of sp³-hybridized carbons (Fsp3) is 0.688. The lowest BCUT2D eigenvalue weighted by atomic mass is 9.73. The Morgan fingerprint density at radius 1 is 1.57 bits per heavy atom. The van der Waals surface area contributed by atoms with Gasteiger partial charge in [-0.25, -0.2) is 0 Å². The molecule has 5 heteroatoms. The topological polar surface area (TPSA) is 43.7 Å². The second kappa shape index (κ2) is 5.81. The van der Waals surface area contributed by atoms with Crippen LogP contribution < -0.4 is 0 Å². The standard InChI is InChI=1S/C16H24N2O3/c1-17-8-3-5-13(17)15(19)18-9-6-14-16(11-18,12-20-2)7-4-10-21-14/h3,5,8,14H,4,6-7,9-12H2,1-2H3/t14-,16+/m1/s1. The summed E-state index contributed by atoms with van der Waals surface area (Å²) < 4.78 is 13.3. The number of piperidine rings is 1. The lowest BCUT2D eigenvalue weighted by Gasteiger charge is -2.50. The number of rotatable bonds is 3. The van der Waals surface area contributed by atoms with Gasteiger partial charge in [0.15, 0.2) is 0 Å². The van der Waals surface area contributed by atoms with Crippen molar-refractivity contribution < 1.29 is 14.3 Å². The zero-order valence-electron chi connectivity index (χ0n) is 12.9. The number of ether oxygens (including phenoxy) is 2. The molecular weight excluding hydrogens is 268 g/mol. The summed E-state index contributed by atoms with van der Waals surface area (Å²) in [4.78, 5) is 14.7. The van der Waals surface area contributed by atoms with E-state index in [-0.39, 0.29) is 17.4 Å². The van der Waals surface area contributed by atoms with E-state index in [1.54, 1.807) is 7.11 Å². The van der Waals surface area contributed by atoms with Crippen LogP contribution in [0.1, 0.15) is 29.8 Å². The molecule has 21 heavy (non-hydrogen) atoms. The van der Waals surface area contributed by atoms with Crippen LogP contribution in [-0.2, 0) is 16.5 Å².